The zero-order chi connectivity index (χ0) is 20.7. The van der Waals surface area contributed by atoms with Crippen LogP contribution in [0.15, 0.2) is 24.3 Å². The average Bonchev–Trinajstić information content (AvgIpc) is 2.68. The lowest BCUT2D eigenvalue weighted by Gasteiger charge is -2.34. The quantitative estimate of drug-likeness (QED) is 0.750. The van der Waals surface area contributed by atoms with E-state index in [2.05, 4.69) is 13.8 Å². The van der Waals surface area contributed by atoms with E-state index in [4.69, 9.17) is 4.74 Å². The summed E-state index contributed by atoms with van der Waals surface area (Å²) in [5.41, 5.74) is 1.96. The van der Waals surface area contributed by atoms with E-state index in [0.29, 0.717) is 39.3 Å². The molecule has 2 rings (SSSR count). The third kappa shape index (κ3) is 5.47. The molecule has 1 saturated heterocycles. The standard InChI is InChI=1S/C21H31N3O4/c1-5-28-21(27)23-14-12-22(13-15-23)20(26)10-11-24(17(4)25)19-9-7-6-8-18(19)16(2)3/h6-9,16H,5,10-15H2,1-4H3. The zero-order valence-corrected chi connectivity index (χ0v) is 17.3. The van der Waals surface area contributed by atoms with E-state index in [9.17, 15) is 14.4 Å². The van der Waals surface area contributed by atoms with Crippen molar-refractivity contribution in [3.05, 3.63) is 29.8 Å². The Labute approximate surface area is 167 Å². The summed E-state index contributed by atoms with van der Waals surface area (Å²) in [7, 11) is 0. The van der Waals surface area contributed by atoms with Gasteiger partial charge in [0.1, 0.15) is 0 Å². The number of hydrogen-bond donors (Lipinski definition) is 0. The molecule has 0 spiro atoms. The maximum absolute atomic E-state index is 12.6. The predicted octanol–water partition coefficient (Wildman–Crippen LogP) is 2.85. The molecule has 1 heterocycles. The van der Waals surface area contributed by atoms with Gasteiger partial charge < -0.3 is 19.4 Å². The van der Waals surface area contributed by atoms with Crippen molar-refractivity contribution in [1.82, 2.24) is 9.80 Å². The number of benzene rings is 1. The molecule has 0 atom stereocenters. The number of ether oxygens (including phenoxy) is 1. The number of rotatable bonds is 6. The predicted molar refractivity (Wildman–Crippen MR) is 108 cm³/mol. The topological polar surface area (TPSA) is 70.2 Å². The normalized spacial score (nSPS) is 14.2. The molecule has 0 unspecified atom stereocenters. The number of nitrogens with zero attached hydrogens (tertiary/aromatic N) is 3. The van der Waals surface area contributed by atoms with Crippen LogP contribution < -0.4 is 4.90 Å². The highest BCUT2D eigenvalue weighted by atomic mass is 16.6. The molecule has 0 aromatic heterocycles. The van der Waals surface area contributed by atoms with Crippen molar-refractivity contribution >= 4 is 23.6 Å². The Morgan fingerprint density at radius 2 is 1.68 bits per heavy atom. The van der Waals surface area contributed by atoms with Gasteiger partial charge in [-0.25, -0.2) is 4.79 Å². The summed E-state index contributed by atoms with van der Waals surface area (Å²) < 4.78 is 5.00. The van der Waals surface area contributed by atoms with E-state index in [1.165, 1.54) is 6.92 Å². The third-order valence-corrected chi connectivity index (χ3v) is 4.94. The summed E-state index contributed by atoms with van der Waals surface area (Å²) >= 11 is 0. The lowest BCUT2D eigenvalue weighted by Crippen LogP contribution is -2.51. The minimum Gasteiger partial charge on any atom is -0.450 e. The van der Waals surface area contributed by atoms with Crippen LogP contribution in [0.5, 0.6) is 0 Å². The summed E-state index contributed by atoms with van der Waals surface area (Å²) in [4.78, 5) is 41.7. The summed E-state index contributed by atoms with van der Waals surface area (Å²) in [6.45, 7) is 10.1. The Hall–Kier alpha value is -2.57. The molecule has 7 nitrogen and oxygen atoms in total. The molecular weight excluding hydrogens is 358 g/mol. The number of carbonyl (C=O) groups is 3. The highest BCUT2D eigenvalue weighted by molar-refractivity contribution is 5.93. The second-order valence-corrected chi connectivity index (χ2v) is 7.20. The molecule has 1 aromatic rings. The number of para-hydroxylation sites is 1. The first-order valence-electron chi connectivity index (χ1n) is 9.91. The van der Waals surface area contributed by atoms with Gasteiger partial charge >= 0.3 is 6.09 Å². The maximum atomic E-state index is 12.6. The van der Waals surface area contributed by atoms with Crippen LogP contribution in [0.4, 0.5) is 10.5 Å². The molecule has 3 amide bonds. The van der Waals surface area contributed by atoms with E-state index in [1.54, 1.807) is 21.6 Å². The van der Waals surface area contributed by atoms with Crippen LogP contribution in [0.1, 0.15) is 45.6 Å². The molecule has 0 radical (unpaired) electrons. The fraction of sp³-hybridized carbons (Fsp3) is 0.571. The maximum Gasteiger partial charge on any atom is 0.409 e. The Morgan fingerprint density at radius 1 is 1.07 bits per heavy atom. The first-order valence-corrected chi connectivity index (χ1v) is 9.91. The van der Waals surface area contributed by atoms with Crippen LogP contribution in [0.25, 0.3) is 0 Å². The summed E-state index contributed by atoms with van der Waals surface area (Å²) in [6.07, 6.45) is -0.0755. The van der Waals surface area contributed by atoms with Gasteiger partial charge in [0, 0.05) is 51.8 Å². The van der Waals surface area contributed by atoms with Crippen molar-refractivity contribution in [2.45, 2.75) is 40.0 Å². The van der Waals surface area contributed by atoms with Crippen LogP contribution in [-0.2, 0) is 14.3 Å². The van der Waals surface area contributed by atoms with Gasteiger partial charge in [0.05, 0.1) is 6.61 Å². The van der Waals surface area contributed by atoms with Gasteiger partial charge in [0.25, 0.3) is 0 Å². The number of carbonyl (C=O) groups excluding carboxylic acids is 3. The van der Waals surface area contributed by atoms with E-state index in [0.717, 1.165) is 11.3 Å². The van der Waals surface area contributed by atoms with E-state index < -0.39 is 0 Å². The van der Waals surface area contributed by atoms with Crippen LogP contribution in [0.3, 0.4) is 0 Å². The summed E-state index contributed by atoms with van der Waals surface area (Å²) in [6, 6.07) is 7.82. The van der Waals surface area contributed by atoms with Crippen LogP contribution in [0, 0.1) is 0 Å². The Balaban J connectivity index is 1.95. The van der Waals surface area contributed by atoms with Crippen molar-refractivity contribution in [2.24, 2.45) is 0 Å². The second kappa shape index (κ2) is 10.1. The molecule has 0 aliphatic carbocycles. The molecule has 154 valence electrons. The molecule has 28 heavy (non-hydrogen) atoms. The molecule has 1 aliphatic heterocycles. The average molecular weight is 389 g/mol. The zero-order valence-electron chi connectivity index (χ0n) is 17.3. The first-order chi connectivity index (χ1) is 13.3. The lowest BCUT2D eigenvalue weighted by atomic mass is 10.00. The lowest BCUT2D eigenvalue weighted by molar-refractivity contribution is -0.132. The van der Waals surface area contributed by atoms with E-state index in [1.807, 2.05) is 24.3 Å². The molecule has 0 N–H and O–H groups in total. The SMILES string of the molecule is CCOC(=O)N1CCN(C(=O)CCN(C(C)=O)c2ccccc2C(C)C)CC1. The van der Waals surface area contributed by atoms with Gasteiger partial charge in [-0.3, -0.25) is 9.59 Å². The Kier molecular flexibility index (Phi) is 7.84. The molecule has 0 saturated carbocycles. The fourth-order valence-corrected chi connectivity index (χ4v) is 3.39. The number of amides is 3. The third-order valence-electron chi connectivity index (χ3n) is 4.94. The highest BCUT2D eigenvalue weighted by Crippen LogP contribution is 2.27. The second-order valence-electron chi connectivity index (χ2n) is 7.20. The Bertz CT molecular complexity index is 697. The van der Waals surface area contributed by atoms with Gasteiger partial charge in [-0.2, -0.15) is 0 Å². The molecule has 1 aromatic carbocycles. The highest BCUT2D eigenvalue weighted by Gasteiger charge is 2.25. The van der Waals surface area contributed by atoms with Gasteiger partial charge in [-0.05, 0) is 24.5 Å². The minimum atomic E-state index is -0.331. The molecule has 0 bridgehead atoms. The molecule has 1 aliphatic rings. The van der Waals surface area contributed by atoms with Crippen molar-refractivity contribution in [3.8, 4) is 0 Å². The molecule has 7 heteroatoms. The van der Waals surface area contributed by atoms with Gasteiger partial charge in [0.2, 0.25) is 11.8 Å². The monoisotopic (exact) mass is 389 g/mol. The van der Waals surface area contributed by atoms with Crippen molar-refractivity contribution in [3.63, 3.8) is 0 Å². The van der Waals surface area contributed by atoms with E-state index >= 15 is 0 Å². The van der Waals surface area contributed by atoms with E-state index in [-0.39, 0.29) is 30.2 Å². The molecule has 1 fully saturated rings. The van der Waals surface area contributed by atoms with Gasteiger partial charge in [-0.15, -0.1) is 0 Å². The van der Waals surface area contributed by atoms with Crippen LogP contribution in [-0.4, -0.2) is 67.0 Å². The summed E-state index contributed by atoms with van der Waals surface area (Å²) in [5.74, 6) is 0.203. The van der Waals surface area contributed by atoms with Crippen LogP contribution >= 0.6 is 0 Å². The molecular formula is C21H31N3O4. The van der Waals surface area contributed by atoms with Gasteiger partial charge in [-0.1, -0.05) is 32.0 Å². The largest absolute Gasteiger partial charge is 0.450 e. The fourth-order valence-electron chi connectivity index (χ4n) is 3.39. The van der Waals surface area contributed by atoms with Crippen molar-refractivity contribution < 1.29 is 19.1 Å². The minimum absolute atomic E-state index is 0.00298. The van der Waals surface area contributed by atoms with Crippen molar-refractivity contribution in [1.29, 1.82) is 0 Å². The van der Waals surface area contributed by atoms with Gasteiger partial charge in [0.15, 0.2) is 0 Å². The first kappa shape index (κ1) is 21.7. The smallest absolute Gasteiger partial charge is 0.409 e. The Morgan fingerprint density at radius 3 is 2.25 bits per heavy atom. The number of hydrogen-bond acceptors (Lipinski definition) is 4. The number of piperazine rings is 1. The van der Waals surface area contributed by atoms with Crippen molar-refractivity contribution in [2.75, 3.05) is 44.2 Å². The summed E-state index contributed by atoms with van der Waals surface area (Å²) in [5, 5.41) is 0. The number of anilines is 1. The van der Waals surface area contributed by atoms with Crippen LogP contribution in [0.2, 0.25) is 0 Å².